The molecular weight excluding hydrogens is 386 g/mol. The maximum absolute atomic E-state index is 13.1. The normalized spacial score (nSPS) is 16.8. The second kappa shape index (κ2) is 8.43. The number of nitrogens with one attached hydrogen (secondary N) is 1. The first kappa shape index (κ1) is 20.3. The van der Waals surface area contributed by atoms with Crippen molar-refractivity contribution in [2.45, 2.75) is 51.4 Å². The number of rotatable bonds is 7. The number of pyridine rings is 1. The fourth-order valence-electron chi connectivity index (χ4n) is 3.97. The Morgan fingerprint density at radius 2 is 2.17 bits per heavy atom. The Morgan fingerprint density at radius 3 is 2.83 bits per heavy atom. The number of amides is 2. The average Bonchev–Trinajstić information content (AvgIpc) is 3.43. The van der Waals surface area contributed by atoms with Crippen LogP contribution in [0.25, 0.3) is 0 Å². The van der Waals surface area contributed by atoms with Crippen LogP contribution in [0.1, 0.15) is 47.3 Å². The molecule has 1 atom stereocenters. The van der Waals surface area contributed by atoms with Crippen molar-refractivity contribution in [2.24, 2.45) is 0 Å². The fourth-order valence-corrected chi connectivity index (χ4v) is 3.97. The van der Waals surface area contributed by atoms with Gasteiger partial charge in [0, 0.05) is 50.9 Å². The van der Waals surface area contributed by atoms with Crippen LogP contribution in [0, 0.1) is 0 Å². The molecule has 3 heterocycles. The molecule has 1 aliphatic carbocycles. The molecule has 160 valence electrons. The summed E-state index contributed by atoms with van der Waals surface area (Å²) in [6.07, 6.45) is 7.58. The van der Waals surface area contributed by atoms with E-state index in [2.05, 4.69) is 10.4 Å². The first-order valence-corrected chi connectivity index (χ1v) is 10.3. The smallest absolute Gasteiger partial charge is 0.263 e. The van der Waals surface area contributed by atoms with Crippen LogP contribution in [0.3, 0.4) is 0 Å². The van der Waals surface area contributed by atoms with Gasteiger partial charge < -0.3 is 19.5 Å². The Balaban J connectivity index is 1.62. The third kappa shape index (κ3) is 4.16. The number of carbonyl (C=O) groups is 2. The highest BCUT2D eigenvalue weighted by molar-refractivity contribution is 5.96. The van der Waals surface area contributed by atoms with Crippen molar-refractivity contribution in [1.82, 2.24) is 24.6 Å². The number of hydrogen-bond donors (Lipinski definition) is 1. The maximum atomic E-state index is 13.1. The van der Waals surface area contributed by atoms with Crippen LogP contribution < -0.4 is 10.9 Å². The van der Waals surface area contributed by atoms with E-state index in [1.165, 1.54) is 0 Å². The molecule has 0 bridgehead atoms. The Bertz CT molecular complexity index is 994. The van der Waals surface area contributed by atoms with Crippen molar-refractivity contribution in [1.29, 1.82) is 0 Å². The van der Waals surface area contributed by atoms with Crippen LogP contribution in [0.15, 0.2) is 29.5 Å². The molecule has 0 radical (unpaired) electrons. The minimum Gasteiger partial charge on any atom is -0.383 e. The van der Waals surface area contributed by atoms with Gasteiger partial charge in [0.25, 0.3) is 11.5 Å². The summed E-state index contributed by atoms with van der Waals surface area (Å²) in [6.45, 7) is 3.23. The Kier molecular flexibility index (Phi) is 5.72. The molecule has 1 N–H and O–H groups in total. The lowest BCUT2D eigenvalue weighted by Gasteiger charge is -2.30. The lowest BCUT2D eigenvalue weighted by atomic mass is 9.95. The summed E-state index contributed by atoms with van der Waals surface area (Å²) in [5.41, 5.74) is 1.59. The summed E-state index contributed by atoms with van der Waals surface area (Å²) in [5, 5.41) is 6.96. The molecule has 2 amide bonds. The second-order valence-electron chi connectivity index (χ2n) is 8.05. The van der Waals surface area contributed by atoms with Gasteiger partial charge in [-0.2, -0.15) is 5.10 Å². The van der Waals surface area contributed by atoms with Crippen LogP contribution in [0.4, 0.5) is 0 Å². The van der Waals surface area contributed by atoms with Gasteiger partial charge in [-0.25, -0.2) is 0 Å². The highest BCUT2D eigenvalue weighted by Gasteiger charge is 2.32. The van der Waals surface area contributed by atoms with E-state index in [1.54, 1.807) is 39.7 Å². The molecule has 1 fully saturated rings. The van der Waals surface area contributed by atoms with Gasteiger partial charge in [0.1, 0.15) is 12.1 Å². The minimum atomic E-state index is -0.368. The van der Waals surface area contributed by atoms with E-state index in [9.17, 15) is 14.4 Å². The third-order valence-corrected chi connectivity index (χ3v) is 5.60. The van der Waals surface area contributed by atoms with Crippen molar-refractivity contribution >= 4 is 11.8 Å². The largest absolute Gasteiger partial charge is 0.383 e. The zero-order valence-electron chi connectivity index (χ0n) is 17.3. The molecule has 1 aliphatic heterocycles. The first-order chi connectivity index (χ1) is 14.5. The van der Waals surface area contributed by atoms with Gasteiger partial charge in [0.2, 0.25) is 5.91 Å². The van der Waals surface area contributed by atoms with Crippen molar-refractivity contribution in [3.05, 3.63) is 51.7 Å². The predicted molar refractivity (Wildman–Crippen MR) is 109 cm³/mol. The van der Waals surface area contributed by atoms with Crippen molar-refractivity contribution in [3.63, 3.8) is 0 Å². The number of aromatic nitrogens is 3. The molecule has 0 spiro atoms. The van der Waals surface area contributed by atoms with E-state index in [4.69, 9.17) is 4.74 Å². The van der Waals surface area contributed by atoms with Crippen molar-refractivity contribution in [3.8, 4) is 0 Å². The molecule has 1 saturated carbocycles. The van der Waals surface area contributed by atoms with Crippen LogP contribution in [0.5, 0.6) is 0 Å². The van der Waals surface area contributed by atoms with Crippen LogP contribution in [-0.2, 0) is 29.0 Å². The molecule has 2 aromatic heterocycles. The summed E-state index contributed by atoms with van der Waals surface area (Å²) < 4.78 is 8.36. The minimum absolute atomic E-state index is 0.0340. The molecule has 2 aromatic rings. The molecule has 0 aromatic carbocycles. The summed E-state index contributed by atoms with van der Waals surface area (Å²) in [4.78, 5) is 40.6. The van der Waals surface area contributed by atoms with E-state index < -0.39 is 0 Å². The lowest BCUT2D eigenvalue weighted by molar-refractivity contribution is -0.133. The third-order valence-electron chi connectivity index (χ3n) is 5.60. The van der Waals surface area contributed by atoms with Crippen LogP contribution in [-0.4, -0.2) is 57.4 Å². The molecule has 9 nitrogen and oxygen atoms in total. The molecule has 2 aliphatic rings. The average molecular weight is 413 g/mol. The quantitative estimate of drug-likeness (QED) is 0.722. The van der Waals surface area contributed by atoms with E-state index in [-0.39, 0.29) is 41.6 Å². The number of carbonyl (C=O) groups excluding carboxylic acids is 2. The van der Waals surface area contributed by atoms with E-state index >= 15 is 0 Å². The zero-order valence-corrected chi connectivity index (χ0v) is 17.3. The molecule has 30 heavy (non-hydrogen) atoms. The second-order valence-corrected chi connectivity index (χ2v) is 8.05. The van der Waals surface area contributed by atoms with Gasteiger partial charge in [-0.15, -0.1) is 0 Å². The zero-order chi connectivity index (χ0) is 21.3. The topological polar surface area (TPSA) is 98.5 Å². The Labute approximate surface area is 174 Å². The number of fused-ring (bicyclic) bond motifs is 1. The number of methoxy groups -OCH3 is 1. The number of ether oxygens (including phenoxy) is 1. The molecule has 1 unspecified atom stereocenters. The van der Waals surface area contributed by atoms with E-state index in [1.807, 2.05) is 13.1 Å². The molecule has 9 heteroatoms. The fraction of sp³-hybridized carbons (Fsp3) is 0.524. The molecule has 4 rings (SSSR count). The van der Waals surface area contributed by atoms with Crippen LogP contribution in [0.2, 0.25) is 0 Å². The maximum Gasteiger partial charge on any atom is 0.263 e. The monoisotopic (exact) mass is 413 g/mol. The van der Waals surface area contributed by atoms with E-state index in [0.29, 0.717) is 26.1 Å². The van der Waals surface area contributed by atoms with Crippen molar-refractivity contribution in [2.75, 3.05) is 20.3 Å². The highest BCUT2D eigenvalue weighted by atomic mass is 16.5. The highest BCUT2D eigenvalue weighted by Crippen LogP contribution is 2.34. The number of nitrogens with zero attached hydrogens (tertiary/aromatic N) is 4. The van der Waals surface area contributed by atoms with Crippen molar-refractivity contribution < 1.29 is 14.3 Å². The van der Waals surface area contributed by atoms with Crippen LogP contribution >= 0.6 is 0 Å². The van der Waals surface area contributed by atoms with Gasteiger partial charge in [-0.05, 0) is 43.4 Å². The summed E-state index contributed by atoms with van der Waals surface area (Å²) in [6, 6.07) is 1.71. The van der Waals surface area contributed by atoms with Gasteiger partial charge in [-0.3, -0.25) is 19.1 Å². The standard InChI is InChI=1S/C21H27N5O4/c1-14(13-30-2)23-20(28)19-17-6-9-24(18(27)12-25-8-3-7-22-25)10-15(17)11-26(21(19)29)16-4-5-16/h3,7-8,11,14,16H,4-6,9-10,12-13H2,1-2H3,(H,23,28). The number of hydrogen-bond acceptors (Lipinski definition) is 5. The summed E-state index contributed by atoms with van der Waals surface area (Å²) in [5.74, 6) is -0.402. The first-order valence-electron chi connectivity index (χ1n) is 10.3. The van der Waals surface area contributed by atoms with Gasteiger partial charge in [0.05, 0.1) is 6.61 Å². The molecular formula is C21H27N5O4. The Hall–Kier alpha value is -2.94. The lowest BCUT2D eigenvalue weighted by Crippen LogP contribution is -2.44. The SMILES string of the molecule is COCC(C)NC(=O)c1c2c(cn(C3CC3)c1=O)CN(C(=O)Cn1cccn1)CC2. The predicted octanol–water partition coefficient (Wildman–Crippen LogP) is 0.729. The van der Waals surface area contributed by atoms with Gasteiger partial charge >= 0.3 is 0 Å². The van der Waals surface area contributed by atoms with Gasteiger partial charge in [0.15, 0.2) is 0 Å². The molecule has 0 saturated heterocycles. The summed E-state index contributed by atoms with van der Waals surface area (Å²) in [7, 11) is 1.57. The summed E-state index contributed by atoms with van der Waals surface area (Å²) >= 11 is 0. The van der Waals surface area contributed by atoms with Gasteiger partial charge in [-0.1, -0.05) is 0 Å². The Morgan fingerprint density at radius 1 is 1.37 bits per heavy atom. The van der Waals surface area contributed by atoms with E-state index in [0.717, 1.165) is 24.0 Å².